The Morgan fingerprint density at radius 2 is 1.36 bits per heavy atom. The molecule has 14 heavy (non-hydrogen) atoms. The van der Waals surface area contributed by atoms with Crippen molar-refractivity contribution < 1.29 is 0 Å². The zero-order chi connectivity index (χ0) is 10.2. The summed E-state index contributed by atoms with van der Waals surface area (Å²) >= 11 is 0. The van der Waals surface area contributed by atoms with Crippen LogP contribution in [0.25, 0.3) is 0 Å². The van der Waals surface area contributed by atoms with Crippen LogP contribution in [0.1, 0.15) is 65.2 Å². The average Bonchev–Trinajstić information content (AvgIpc) is 2.16. The predicted molar refractivity (Wildman–Crippen MR) is 61.1 cm³/mol. The van der Waals surface area contributed by atoms with Crippen molar-refractivity contribution in [2.75, 3.05) is 0 Å². The van der Waals surface area contributed by atoms with Crippen LogP contribution in [0.2, 0.25) is 0 Å². The van der Waals surface area contributed by atoms with Gasteiger partial charge < -0.3 is 5.73 Å². The minimum Gasteiger partial charge on any atom is -0.328 e. The molecule has 0 saturated heterocycles. The molecule has 0 atom stereocenters. The van der Waals surface area contributed by atoms with E-state index in [1.54, 1.807) is 0 Å². The van der Waals surface area contributed by atoms with Crippen LogP contribution in [-0.2, 0) is 0 Å². The van der Waals surface area contributed by atoms with Gasteiger partial charge in [0.15, 0.2) is 0 Å². The largest absolute Gasteiger partial charge is 0.328 e. The van der Waals surface area contributed by atoms with Gasteiger partial charge in [-0.25, -0.2) is 0 Å². The Morgan fingerprint density at radius 3 is 1.86 bits per heavy atom. The lowest BCUT2D eigenvalue weighted by Crippen LogP contribution is -2.38. The minimum atomic E-state index is 0.510. The van der Waals surface area contributed by atoms with E-state index in [0.717, 1.165) is 0 Å². The number of hydrogen-bond acceptors (Lipinski definition) is 1. The molecular formula is C13H25N. The van der Waals surface area contributed by atoms with Crippen molar-refractivity contribution >= 4 is 0 Å². The van der Waals surface area contributed by atoms with Crippen LogP contribution < -0.4 is 5.73 Å². The maximum atomic E-state index is 5.98. The minimum absolute atomic E-state index is 0.510. The first-order valence-corrected chi connectivity index (χ1v) is 6.27. The molecule has 0 radical (unpaired) electrons. The van der Waals surface area contributed by atoms with Gasteiger partial charge in [-0.05, 0) is 62.2 Å². The van der Waals surface area contributed by atoms with Crippen molar-refractivity contribution in [2.45, 2.75) is 71.3 Å². The zero-order valence-electron chi connectivity index (χ0n) is 9.81. The third kappa shape index (κ3) is 2.13. The fourth-order valence-electron chi connectivity index (χ4n) is 3.21. The summed E-state index contributed by atoms with van der Waals surface area (Å²) in [6.45, 7) is 4.85. The predicted octanol–water partition coefficient (Wildman–Crippen LogP) is 3.47. The molecule has 2 aliphatic rings. The summed E-state index contributed by atoms with van der Waals surface area (Å²) in [6.07, 6.45) is 11.2. The quantitative estimate of drug-likeness (QED) is 0.629. The molecule has 2 fully saturated rings. The second-order valence-electron chi connectivity index (χ2n) is 6.50. The highest BCUT2D eigenvalue weighted by molar-refractivity contribution is 4.92. The zero-order valence-corrected chi connectivity index (χ0v) is 9.81. The van der Waals surface area contributed by atoms with Crippen LogP contribution in [0, 0.1) is 10.8 Å². The Balaban J connectivity index is 1.93. The molecule has 2 N–H and O–H groups in total. The summed E-state index contributed by atoms with van der Waals surface area (Å²) in [5.41, 5.74) is 7.31. The molecular weight excluding hydrogens is 170 g/mol. The van der Waals surface area contributed by atoms with E-state index < -0.39 is 0 Å². The maximum Gasteiger partial charge on any atom is 0.00392 e. The highest BCUT2D eigenvalue weighted by Gasteiger charge is 2.39. The Bertz CT molecular complexity index is 187. The van der Waals surface area contributed by atoms with Gasteiger partial charge in [0.25, 0.3) is 0 Å². The van der Waals surface area contributed by atoms with Crippen molar-refractivity contribution in [1.29, 1.82) is 0 Å². The van der Waals surface area contributed by atoms with Gasteiger partial charge in [-0.15, -0.1) is 0 Å². The topological polar surface area (TPSA) is 26.0 Å². The van der Waals surface area contributed by atoms with E-state index in [1.807, 2.05) is 0 Å². The second-order valence-corrected chi connectivity index (χ2v) is 6.50. The first-order chi connectivity index (χ1) is 6.52. The van der Waals surface area contributed by atoms with Crippen LogP contribution in [0.15, 0.2) is 0 Å². The molecule has 1 nitrogen and oxygen atoms in total. The molecule has 2 saturated carbocycles. The van der Waals surface area contributed by atoms with Gasteiger partial charge in [-0.2, -0.15) is 0 Å². The molecule has 2 rings (SSSR count). The summed E-state index contributed by atoms with van der Waals surface area (Å²) in [5, 5.41) is 0. The second kappa shape index (κ2) is 3.52. The summed E-state index contributed by atoms with van der Waals surface area (Å²) in [5.74, 6) is 0. The van der Waals surface area contributed by atoms with E-state index in [4.69, 9.17) is 5.73 Å². The van der Waals surface area contributed by atoms with Crippen LogP contribution in [0.4, 0.5) is 0 Å². The van der Waals surface area contributed by atoms with E-state index >= 15 is 0 Å². The molecule has 1 heteroatoms. The van der Waals surface area contributed by atoms with E-state index in [-0.39, 0.29) is 0 Å². The molecule has 0 bridgehead atoms. The number of hydrogen-bond donors (Lipinski definition) is 1. The molecule has 0 heterocycles. The normalized spacial score (nSPS) is 31.9. The van der Waals surface area contributed by atoms with Gasteiger partial charge in [0.2, 0.25) is 0 Å². The van der Waals surface area contributed by atoms with Gasteiger partial charge >= 0.3 is 0 Å². The van der Waals surface area contributed by atoms with Crippen LogP contribution in [-0.4, -0.2) is 6.04 Å². The first-order valence-electron chi connectivity index (χ1n) is 6.27. The molecule has 82 valence electrons. The SMILES string of the molecule is CC1(C)CCC2(CCC(N)CC2)CC1. The Kier molecular flexibility index (Phi) is 2.63. The van der Waals surface area contributed by atoms with Gasteiger partial charge in [-0.3, -0.25) is 0 Å². The van der Waals surface area contributed by atoms with E-state index in [1.165, 1.54) is 51.4 Å². The summed E-state index contributed by atoms with van der Waals surface area (Å²) in [7, 11) is 0. The van der Waals surface area contributed by atoms with E-state index in [9.17, 15) is 0 Å². The molecule has 2 aliphatic carbocycles. The molecule has 0 amide bonds. The van der Waals surface area contributed by atoms with Crippen LogP contribution in [0.3, 0.4) is 0 Å². The third-order valence-corrected chi connectivity index (χ3v) is 4.76. The maximum absolute atomic E-state index is 5.98. The Labute approximate surface area is 88.4 Å². The summed E-state index contributed by atoms with van der Waals surface area (Å²) in [4.78, 5) is 0. The standard InChI is InChI=1S/C13H25N/c1-12(2)7-9-13(10-8-12)5-3-11(14)4-6-13/h11H,3-10,14H2,1-2H3. The molecule has 0 aromatic rings. The van der Waals surface area contributed by atoms with Crippen molar-refractivity contribution in [3.63, 3.8) is 0 Å². The monoisotopic (exact) mass is 195 g/mol. The van der Waals surface area contributed by atoms with Crippen molar-refractivity contribution in [3.8, 4) is 0 Å². The molecule has 1 spiro atoms. The third-order valence-electron chi connectivity index (χ3n) is 4.76. The molecule has 0 aromatic heterocycles. The summed E-state index contributed by atoms with van der Waals surface area (Å²) < 4.78 is 0. The highest BCUT2D eigenvalue weighted by Crippen LogP contribution is 2.51. The van der Waals surface area contributed by atoms with E-state index in [2.05, 4.69) is 13.8 Å². The fraction of sp³-hybridized carbons (Fsp3) is 1.00. The average molecular weight is 195 g/mol. The number of nitrogens with two attached hydrogens (primary N) is 1. The van der Waals surface area contributed by atoms with Gasteiger partial charge in [0.1, 0.15) is 0 Å². The van der Waals surface area contributed by atoms with Crippen LogP contribution >= 0.6 is 0 Å². The smallest absolute Gasteiger partial charge is 0.00392 e. The Morgan fingerprint density at radius 1 is 0.857 bits per heavy atom. The van der Waals surface area contributed by atoms with E-state index in [0.29, 0.717) is 16.9 Å². The van der Waals surface area contributed by atoms with Crippen molar-refractivity contribution in [2.24, 2.45) is 16.6 Å². The van der Waals surface area contributed by atoms with Crippen LogP contribution in [0.5, 0.6) is 0 Å². The van der Waals surface area contributed by atoms with Gasteiger partial charge in [-0.1, -0.05) is 13.8 Å². The lowest BCUT2D eigenvalue weighted by molar-refractivity contribution is 0.0592. The molecule has 0 unspecified atom stereocenters. The Hall–Kier alpha value is -0.0400. The van der Waals surface area contributed by atoms with Gasteiger partial charge in [0.05, 0.1) is 0 Å². The lowest BCUT2D eigenvalue weighted by Gasteiger charge is -2.47. The first kappa shape index (κ1) is 10.5. The van der Waals surface area contributed by atoms with Crippen molar-refractivity contribution in [1.82, 2.24) is 0 Å². The molecule has 0 aromatic carbocycles. The number of rotatable bonds is 0. The van der Waals surface area contributed by atoms with Crippen molar-refractivity contribution in [3.05, 3.63) is 0 Å². The molecule has 0 aliphatic heterocycles. The lowest BCUT2D eigenvalue weighted by atomic mass is 9.59. The fourth-order valence-corrected chi connectivity index (χ4v) is 3.21. The summed E-state index contributed by atoms with van der Waals surface area (Å²) in [6, 6.07) is 0.510. The van der Waals surface area contributed by atoms with Gasteiger partial charge in [0, 0.05) is 6.04 Å². The highest BCUT2D eigenvalue weighted by atomic mass is 14.6.